The molecule has 0 atom stereocenters. The Morgan fingerprint density at radius 2 is 0.671 bits per heavy atom. The van der Waals surface area contributed by atoms with Crippen molar-refractivity contribution in [2.45, 2.75) is 0 Å². The van der Waals surface area contributed by atoms with Gasteiger partial charge in [-0.1, -0.05) is 218 Å². The van der Waals surface area contributed by atoms with Crippen molar-refractivity contribution in [2.75, 3.05) is 0 Å². The third-order valence-corrected chi connectivity index (χ3v) is 19.6. The molecule has 11 aromatic carbocycles. The van der Waals surface area contributed by atoms with Gasteiger partial charge in [0.1, 0.15) is 0 Å². The summed E-state index contributed by atoms with van der Waals surface area (Å²) >= 11 is 0. The van der Waals surface area contributed by atoms with Crippen LogP contribution < -0.4 is 20.7 Å². The van der Waals surface area contributed by atoms with Crippen LogP contribution in [0.1, 0.15) is 0 Å². The molecule has 14 rings (SSSR count). The predicted octanol–water partition coefficient (Wildman–Crippen LogP) is 14.0. The van der Waals surface area contributed by atoms with Crippen molar-refractivity contribution in [2.24, 2.45) is 0 Å². The molecule has 328 valence electrons. The highest BCUT2D eigenvalue weighted by Gasteiger charge is 2.41. The average Bonchev–Trinajstić information content (AvgIpc) is 4.07. The summed E-state index contributed by atoms with van der Waals surface area (Å²) in [6.07, 6.45) is 0. The fraction of sp³-hybridized carbons (Fsp3) is 0. The van der Waals surface area contributed by atoms with Gasteiger partial charge < -0.3 is 13.7 Å². The lowest BCUT2D eigenvalue weighted by molar-refractivity contribution is 1.15. The predicted molar refractivity (Wildman–Crippen MR) is 299 cm³/mol. The highest BCUT2D eigenvalue weighted by molar-refractivity contribution is 7.20. The molecule has 0 saturated heterocycles. The van der Waals surface area contributed by atoms with Gasteiger partial charge in [0.15, 0.2) is 8.07 Å². The molecule has 3 heterocycles. The van der Waals surface area contributed by atoms with Crippen molar-refractivity contribution >= 4 is 94.2 Å². The van der Waals surface area contributed by atoms with Gasteiger partial charge >= 0.3 is 0 Å². The molecule has 0 bridgehead atoms. The Kier molecular flexibility index (Phi) is 9.23. The molecule has 0 aliphatic carbocycles. The second-order valence-electron chi connectivity index (χ2n) is 18.4. The standard InChI is InChI=1S/C66H45N3Si/c1-5-22-46(23-6-1)52-30-13-17-34-58(52)69-61-37-20-16-33-55(61)56-42-40-47(44-64(56)69)67-62-38-21-39-63(68-59-35-18-14-31-53(59)54-32-15-19-36-60(54)68)66(62)57-43-41-51(45-65(57)67)70(48-24-7-2-8-25-48,49-26-9-3-10-27-49)50-28-11-4-12-29-50/h1-45H. The van der Waals surface area contributed by atoms with Crippen LogP contribution in [0.4, 0.5) is 0 Å². The van der Waals surface area contributed by atoms with E-state index in [0.717, 1.165) is 28.1 Å². The number of nitrogens with zero attached hydrogens (tertiary/aromatic N) is 3. The van der Waals surface area contributed by atoms with E-state index in [9.17, 15) is 0 Å². The Labute approximate surface area is 407 Å². The highest BCUT2D eigenvalue weighted by Crippen LogP contribution is 2.42. The normalized spacial score (nSPS) is 12.0. The van der Waals surface area contributed by atoms with Crippen molar-refractivity contribution in [1.29, 1.82) is 0 Å². The molecule has 4 heteroatoms. The zero-order valence-corrected chi connectivity index (χ0v) is 39.3. The fourth-order valence-electron chi connectivity index (χ4n) is 11.9. The van der Waals surface area contributed by atoms with E-state index in [0.29, 0.717) is 0 Å². The molecule has 0 fully saturated rings. The van der Waals surface area contributed by atoms with Crippen LogP contribution in [0.15, 0.2) is 273 Å². The minimum Gasteiger partial charge on any atom is -0.309 e. The van der Waals surface area contributed by atoms with Gasteiger partial charge in [-0.25, -0.2) is 0 Å². The minimum absolute atomic E-state index is 1.11. The number of hydrogen-bond acceptors (Lipinski definition) is 0. The zero-order chi connectivity index (χ0) is 46.2. The molecule has 0 radical (unpaired) electrons. The van der Waals surface area contributed by atoms with E-state index in [-0.39, 0.29) is 0 Å². The maximum absolute atomic E-state index is 2.91. The maximum atomic E-state index is 2.55. The largest absolute Gasteiger partial charge is 0.309 e. The molecule has 14 aromatic rings. The number of fused-ring (bicyclic) bond motifs is 9. The Balaban J connectivity index is 1.12. The topological polar surface area (TPSA) is 14.8 Å². The van der Waals surface area contributed by atoms with E-state index < -0.39 is 8.07 Å². The Hall–Kier alpha value is -8.96. The van der Waals surface area contributed by atoms with Crippen molar-refractivity contribution in [3.8, 4) is 28.2 Å². The van der Waals surface area contributed by atoms with Gasteiger partial charge in [-0.15, -0.1) is 0 Å². The monoisotopic (exact) mass is 907 g/mol. The number of hydrogen-bond donors (Lipinski definition) is 0. The maximum Gasteiger partial charge on any atom is 0.179 e. The summed E-state index contributed by atoms with van der Waals surface area (Å²) < 4.78 is 7.52. The van der Waals surface area contributed by atoms with Crippen LogP contribution in [0.2, 0.25) is 0 Å². The number of aromatic nitrogens is 3. The van der Waals surface area contributed by atoms with Gasteiger partial charge in [0.05, 0.1) is 44.5 Å². The lowest BCUT2D eigenvalue weighted by Gasteiger charge is -2.34. The van der Waals surface area contributed by atoms with Gasteiger partial charge in [-0.2, -0.15) is 0 Å². The first-order valence-corrected chi connectivity index (χ1v) is 26.2. The minimum atomic E-state index is -2.91. The first-order valence-electron chi connectivity index (χ1n) is 24.2. The van der Waals surface area contributed by atoms with Gasteiger partial charge in [0.2, 0.25) is 0 Å². The summed E-state index contributed by atoms with van der Waals surface area (Å²) in [6, 6.07) is 101. The third kappa shape index (κ3) is 5.94. The molecule has 70 heavy (non-hydrogen) atoms. The van der Waals surface area contributed by atoms with Gasteiger partial charge in [0, 0.05) is 43.6 Å². The van der Waals surface area contributed by atoms with Crippen molar-refractivity contribution < 1.29 is 0 Å². The quantitative estimate of drug-likeness (QED) is 0.107. The molecule has 0 saturated carbocycles. The molecule has 0 aliphatic heterocycles. The molecular formula is C66H45N3Si. The smallest absolute Gasteiger partial charge is 0.179 e. The van der Waals surface area contributed by atoms with Crippen LogP contribution in [0.5, 0.6) is 0 Å². The summed E-state index contributed by atoms with van der Waals surface area (Å²) in [5.74, 6) is 0. The molecule has 3 nitrogen and oxygen atoms in total. The lowest BCUT2D eigenvalue weighted by atomic mass is 10.0. The molecule has 0 amide bonds. The zero-order valence-electron chi connectivity index (χ0n) is 38.3. The van der Waals surface area contributed by atoms with E-state index in [4.69, 9.17) is 0 Å². The number of para-hydroxylation sites is 4. The van der Waals surface area contributed by atoms with Crippen LogP contribution in [0, 0.1) is 0 Å². The van der Waals surface area contributed by atoms with Crippen molar-refractivity contribution in [3.63, 3.8) is 0 Å². The van der Waals surface area contributed by atoms with Crippen LogP contribution in [0.25, 0.3) is 93.6 Å². The van der Waals surface area contributed by atoms with Gasteiger partial charge in [0.25, 0.3) is 0 Å². The van der Waals surface area contributed by atoms with E-state index >= 15 is 0 Å². The SMILES string of the molecule is c1ccc(-c2ccccc2-n2c3ccccc3c3ccc(-n4c5cc([Si](c6ccccc6)(c6ccccc6)c6ccccc6)ccc5c5c(-n6c7ccccc7c7ccccc76)cccc54)cc32)cc1. The highest BCUT2D eigenvalue weighted by atomic mass is 28.3. The first kappa shape index (κ1) is 40.1. The van der Waals surface area contributed by atoms with Gasteiger partial charge in [-0.3, -0.25) is 0 Å². The molecule has 0 unspecified atom stereocenters. The second-order valence-corrected chi connectivity index (χ2v) is 22.2. The van der Waals surface area contributed by atoms with Crippen molar-refractivity contribution in [3.05, 3.63) is 273 Å². The third-order valence-electron chi connectivity index (χ3n) is 14.8. The van der Waals surface area contributed by atoms with Gasteiger partial charge in [-0.05, 0) is 80.9 Å². The van der Waals surface area contributed by atoms with E-state index in [1.54, 1.807) is 0 Å². The first-order chi connectivity index (χ1) is 34.8. The second kappa shape index (κ2) is 16.1. The molecule has 0 aliphatic rings. The number of benzene rings is 11. The van der Waals surface area contributed by atoms with Crippen molar-refractivity contribution in [1.82, 2.24) is 13.7 Å². The Bertz CT molecular complexity index is 4130. The Morgan fingerprint density at radius 3 is 1.26 bits per heavy atom. The summed E-state index contributed by atoms with van der Waals surface area (Å²) in [5, 5.41) is 12.8. The van der Waals surface area contributed by atoms with E-state index in [1.807, 2.05) is 0 Å². The lowest BCUT2D eigenvalue weighted by Crippen LogP contribution is -2.74. The summed E-state index contributed by atoms with van der Waals surface area (Å²) in [4.78, 5) is 0. The molecule has 0 N–H and O–H groups in total. The summed E-state index contributed by atoms with van der Waals surface area (Å²) in [6.45, 7) is 0. The van der Waals surface area contributed by atoms with Crippen LogP contribution in [-0.2, 0) is 0 Å². The fourth-order valence-corrected chi connectivity index (χ4v) is 16.6. The van der Waals surface area contributed by atoms with E-state index in [2.05, 4.69) is 287 Å². The summed E-state index contributed by atoms with van der Waals surface area (Å²) in [5.41, 5.74) is 12.9. The summed E-state index contributed by atoms with van der Waals surface area (Å²) in [7, 11) is -2.91. The van der Waals surface area contributed by atoms with Crippen LogP contribution in [-0.4, -0.2) is 21.8 Å². The van der Waals surface area contributed by atoms with Crippen LogP contribution in [0.3, 0.4) is 0 Å². The van der Waals surface area contributed by atoms with Crippen LogP contribution >= 0.6 is 0 Å². The van der Waals surface area contributed by atoms with E-state index in [1.165, 1.54) is 86.3 Å². The Morgan fingerprint density at radius 1 is 0.243 bits per heavy atom. The number of rotatable bonds is 8. The molecule has 0 spiro atoms. The molecule has 3 aromatic heterocycles. The average molecular weight is 908 g/mol. The molecular weight excluding hydrogens is 863 g/mol.